The van der Waals surface area contributed by atoms with Gasteiger partial charge in [-0.05, 0) is 41.0 Å². The van der Waals surface area contributed by atoms with Gasteiger partial charge in [0.25, 0.3) is 22.9 Å². The molecule has 15 heteroatoms. The van der Waals surface area contributed by atoms with Crippen molar-refractivity contribution in [2.75, 3.05) is 0 Å². The zero-order valence-electron chi connectivity index (χ0n) is 21.8. The van der Waals surface area contributed by atoms with Gasteiger partial charge in [-0.25, -0.2) is 4.79 Å². The fourth-order valence-corrected chi connectivity index (χ4v) is 4.05. The van der Waals surface area contributed by atoms with Crippen LogP contribution in [0.4, 0.5) is 0 Å². The largest absolute Gasteiger partial charge is 0.449 e. The van der Waals surface area contributed by atoms with Gasteiger partial charge in [-0.3, -0.25) is 29.2 Å². The SMILES string of the molecule is O=C(NCc1cc(CNC(=O)c2cccn(O)c2=O)cc(CNC(=O)C2C=CC=[N+](O)C2=O)c1)c1cccn(O)c1=O. The topological polar surface area (TPSA) is 212 Å². The van der Waals surface area contributed by atoms with Crippen molar-refractivity contribution in [3.8, 4) is 0 Å². The summed E-state index contributed by atoms with van der Waals surface area (Å²) in [7, 11) is 0. The quantitative estimate of drug-likeness (QED) is 0.0613. The molecule has 1 aliphatic heterocycles. The highest BCUT2D eigenvalue weighted by Gasteiger charge is 2.35. The van der Waals surface area contributed by atoms with E-state index in [4.69, 9.17) is 0 Å². The number of hydrogen-bond donors (Lipinski definition) is 6. The number of benzene rings is 1. The standard InChI is InChI=1S/C27H24N6O9/c34-22(19-4-1-7-31(40)25(19)37)28-13-16-10-17(14-29-23(35)20-5-2-8-32(41)26(20)38)12-18(11-16)15-30-24(36)21-6-3-9-33(42)27(21)39/h1-12,19,41-42H,13-15H2,(H3-,28,29,30,34,35,36,40)/p+1. The molecule has 6 N–H and O–H groups in total. The van der Waals surface area contributed by atoms with Crippen molar-refractivity contribution in [2.24, 2.45) is 5.92 Å². The normalized spacial score (nSPS) is 14.1. The molecular formula is C27H25N6O9+. The first-order chi connectivity index (χ1) is 20.0. The van der Waals surface area contributed by atoms with Crippen molar-refractivity contribution in [2.45, 2.75) is 19.6 Å². The number of amides is 4. The maximum absolute atomic E-state index is 12.6. The molecule has 2 aromatic heterocycles. The van der Waals surface area contributed by atoms with Crippen LogP contribution in [0.5, 0.6) is 0 Å². The smallest absolute Gasteiger partial charge is 0.425 e. The van der Waals surface area contributed by atoms with Gasteiger partial charge in [-0.15, -0.1) is 0 Å². The third-order valence-electron chi connectivity index (χ3n) is 6.14. The number of rotatable bonds is 9. The number of carbonyl (C=O) groups is 4. The van der Waals surface area contributed by atoms with Crippen molar-refractivity contribution in [3.05, 3.63) is 116 Å². The van der Waals surface area contributed by atoms with Crippen molar-refractivity contribution in [1.82, 2.24) is 25.4 Å². The lowest BCUT2D eigenvalue weighted by molar-refractivity contribution is -0.703. The summed E-state index contributed by atoms with van der Waals surface area (Å²) in [4.78, 5) is 73.9. The molecule has 1 aliphatic rings. The molecule has 1 atom stereocenters. The van der Waals surface area contributed by atoms with Gasteiger partial charge in [-0.2, -0.15) is 9.46 Å². The minimum absolute atomic E-state index is 0.0733. The monoisotopic (exact) mass is 577 g/mol. The summed E-state index contributed by atoms with van der Waals surface area (Å²) < 4.78 is 0.861. The molecule has 0 fully saturated rings. The molecule has 4 rings (SSSR count). The van der Waals surface area contributed by atoms with E-state index in [0.29, 0.717) is 21.4 Å². The Morgan fingerprint density at radius 2 is 1.21 bits per heavy atom. The Hall–Kier alpha value is -5.99. The Morgan fingerprint density at radius 1 is 0.762 bits per heavy atom. The van der Waals surface area contributed by atoms with Crippen LogP contribution in [-0.2, 0) is 29.2 Å². The molecule has 1 unspecified atom stereocenters. The summed E-state index contributed by atoms with van der Waals surface area (Å²) >= 11 is 0. The molecular weight excluding hydrogens is 552 g/mol. The molecule has 0 bridgehead atoms. The Morgan fingerprint density at radius 3 is 1.69 bits per heavy atom. The van der Waals surface area contributed by atoms with Gasteiger partial charge in [0.1, 0.15) is 11.1 Å². The predicted octanol–water partition coefficient (Wildman–Crippen LogP) is -0.854. The summed E-state index contributed by atoms with van der Waals surface area (Å²) in [6.45, 7) is -0.251. The van der Waals surface area contributed by atoms with Crippen LogP contribution in [0.25, 0.3) is 0 Å². The lowest BCUT2D eigenvalue weighted by atomic mass is 10.0. The van der Waals surface area contributed by atoms with Gasteiger partial charge in [0.2, 0.25) is 12.1 Å². The van der Waals surface area contributed by atoms with E-state index in [0.717, 1.165) is 18.6 Å². The minimum Gasteiger partial charge on any atom is -0.425 e. The Balaban J connectivity index is 1.52. The number of pyridine rings is 2. The van der Waals surface area contributed by atoms with E-state index in [1.807, 2.05) is 0 Å². The van der Waals surface area contributed by atoms with Gasteiger partial charge >= 0.3 is 5.91 Å². The van der Waals surface area contributed by atoms with E-state index in [1.54, 1.807) is 18.2 Å². The number of carbonyl (C=O) groups excluding carboxylic acids is 4. The zero-order chi connectivity index (χ0) is 30.4. The first kappa shape index (κ1) is 29.0. The second-order valence-electron chi connectivity index (χ2n) is 9.08. The molecule has 216 valence electrons. The molecule has 0 aliphatic carbocycles. The van der Waals surface area contributed by atoms with Gasteiger partial charge in [0, 0.05) is 42.8 Å². The molecule has 0 saturated heterocycles. The van der Waals surface area contributed by atoms with E-state index >= 15 is 0 Å². The Bertz CT molecular complexity index is 1660. The summed E-state index contributed by atoms with van der Waals surface area (Å²) in [5.74, 6) is -4.26. The first-order valence-corrected chi connectivity index (χ1v) is 12.4. The third kappa shape index (κ3) is 6.59. The van der Waals surface area contributed by atoms with Crippen molar-refractivity contribution in [3.63, 3.8) is 0 Å². The lowest BCUT2D eigenvalue weighted by Gasteiger charge is -2.14. The first-order valence-electron chi connectivity index (χ1n) is 12.4. The fraction of sp³-hybridized carbons (Fsp3) is 0.148. The summed E-state index contributed by atoms with van der Waals surface area (Å²) in [6, 6.07) is 10.0. The summed E-state index contributed by atoms with van der Waals surface area (Å²) in [5.41, 5.74) is -0.911. The lowest BCUT2D eigenvalue weighted by Crippen LogP contribution is -2.39. The Kier molecular flexibility index (Phi) is 8.60. The fourth-order valence-electron chi connectivity index (χ4n) is 4.05. The van der Waals surface area contributed by atoms with Crippen LogP contribution >= 0.6 is 0 Å². The van der Waals surface area contributed by atoms with Crippen molar-refractivity contribution in [1.29, 1.82) is 0 Å². The number of hydroxylamine groups is 1. The van der Waals surface area contributed by atoms with Crippen LogP contribution in [0.15, 0.2) is 76.6 Å². The maximum atomic E-state index is 12.6. The van der Waals surface area contributed by atoms with E-state index in [2.05, 4.69) is 16.0 Å². The van der Waals surface area contributed by atoms with Crippen LogP contribution in [0, 0.1) is 5.92 Å². The van der Waals surface area contributed by atoms with Gasteiger partial charge < -0.3 is 26.4 Å². The van der Waals surface area contributed by atoms with Crippen molar-refractivity contribution >= 4 is 29.8 Å². The molecule has 3 heterocycles. The van der Waals surface area contributed by atoms with Crippen LogP contribution < -0.4 is 27.1 Å². The highest BCUT2D eigenvalue weighted by Crippen LogP contribution is 2.13. The highest BCUT2D eigenvalue weighted by molar-refractivity contribution is 6.01. The van der Waals surface area contributed by atoms with E-state index < -0.39 is 40.7 Å². The predicted molar refractivity (Wildman–Crippen MR) is 142 cm³/mol. The molecule has 0 radical (unpaired) electrons. The number of aromatic nitrogens is 2. The third-order valence-corrected chi connectivity index (χ3v) is 6.14. The minimum atomic E-state index is -1.25. The summed E-state index contributed by atoms with van der Waals surface area (Å²) in [6.07, 6.45) is 5.93. The highest BCUT2D eigenvalue weighted by atomic mass is 16.5. The van der Waals surface area contributed by atoms with Crippen LogP contribution in [-0.4, -0.2) is 59.7 Å². The summed E-state index contributed by atoms with van der Waals surface area (Å²) in [5, 5.41) is 36.4. The molecule has 3 aromatic rings. The molecule has 1 aromatic carbocycles. The van der Waals surface area contributed by atoms with Crippen LogP contribution in [0.3, 0.4) is 0 Å². The molecule has 4 amide bonds. The maximum Gasteiger partial charge on any atom is 0.449 e. The van der Waals surface area contributed by atoms with Crippen LogP contribution in [0.2, 0.25) is 0 Å². The molecule has 15 nitrogen and oxygen atoms in total. The second-order valence-corrected chi connectivity index (χ2v) is 9.08. The van der Waals surface area contributed by atoms with E-state index in [-0.39, 0.29) is 40.2 Å². The average Bonchev–Trinajstić information content (AvgIpc) is 2.97. The van der Waals surface area contributed by atoms with Crippen molar-refractivity contribution < 1.29 is 39.5 Å². The van der Waals surface area contributed by atoms with Gasteiger partial charge in [0.05, 0.1) is 0 Å². The molecule has 0 spiro atoms. The Labute approximate surface area is 236 Å². The van der Waals surface area contributed by atoms with Crippen LogP contribution in [0.1, 0.15) is 37.4 Å². The van der Waals surface area contributed by atoms with E-state index in [9.17, 15) is 44.4 Å². The number of allylic oxidation sites excluding steroid dienone is 1. The number of nitrogens with one attached hydrogen (secondary N) is 3. The molecule has 42 heavy (non-hydrogen) atoms. The average molecular weight is 578 g/mol. The van der Waals surface area contributed by atoms with Gasteiger partial charge in [0.15, 0.2) is 5.92 Å². The molecule has 0 saturated carbocycles. The van der Waals surface area contributed by atoms with E-state index in [1.165, 1.54) is 36.4 Å². The number of nitrogens with zero attached hydrogens (tertiary/aromatic N) is 3. The zero-order valence-corrected chi connectivity index (χ0v) is 21.8. The second kappa shape index (κ2) is 12.5. The number of hydrogen-bond acceptors (Lipinski definition) is 9. The van der Waals surface area contributed by atoms with Gasteiger partial charge in [-0.1, -0.05) is 24.3 Å².